The van der Waals surface area contributed by atoms with Crippen LogP contribution in [0, 0.1) is 11.7 Å². The van der Waals surface area contributed by atoms with Gasteiger partial charge in [0.05, 0.1) is 37.4 Å². The maximum absolute atomic E-state index is 15.5. The molecule has 2 unspecified atom stereocenters. The summed E-state index contributed by atoms with van der Waals surface area (Å²) >= 11 is 1.41. The summed E-state index contributed by atoms with van der Waals surface area (Å²) in [6.45, 7) is 3.15. The first kappa shape index (κ1) is 45.9. The SMILES string of the molecule is COc1cc(C(=O)NCc2ccc(-c3cccc(C(O)(C(=O)OCC4CCN(Cc5ccccc5)CC4)c4ccccc4)c3)s2)c(F)cc1CNCC(O)c1ccc(O)c2[nH]c(=O)ccc12. The quantitative estimate of drug-likeness (QED) is 0.0501. The molecule has 0 bridgehead atoms. The summed E-state index contributed by atoms with van der Waals surface area (Å²) in [6.07, 6.45) is 0.740. The number of aliphatic hydroxyl groups excluding tert-OH is 1. The number of thiophene rings is 1. The smallest absolute Gasteiger partial charge is 0.347 e. The number of phenols is 1. The topological polar surface area (TPSA) is 173 Å². The molecule has 0 aliphatic carbocycles. The Morgan fingerprint density at radius 2 is 1.64 bits per heavy atom. The van der Waals surface area contributed by atoms with Crippen molar-refractivity contribution in [3.05, 3.63) is 188 Å². The molecule has 0 spiro atoms. The van der Waals surface area contributed by atoms with Gasteiger partial charge in [-0.1, -0.05) is 84.9 Å². The Labute approximate surface area is 385 Å². The van der Waals surface area contributed by atoms with E-state index >= 15 is 4.39 Å². The first-order chi connectivity index (χ1) is 32.0. The molecule has 1 saturated heterocycles. The number of carbonyl (C=O) groups is 2. The van der Waals surface area contributed by atoms with E-state index < -0.39 is 29.4 Å². The number of carbonyl (C=O) groups excluding carboxylic acids is 2. The number of fused-ring (bicyclic) bond motifs is 1. The molecule has 1 fully saturated rings. The second-order valence-corrected chi connectivity index (χ2v) is 17.7. The van der Waals surface area contributed by atoms with Gasteiger partial charge in [-0.2, -0.15) is 0 Å². The van der Waals surface area contributed by atoms with Crippen LogP contribution < -0.4 is 20.9 Å². The molecule has 8 rings (SSSR count). The third kappa shape index (κ3) is 10.4. The van der Waals surface area contributed by atoms with Gasteiger partial charge in [0.1, 0.15) is 17.3 Å². The van der Waals surface area contributed by atoms with Crippen molar-refractivity contribution in [3.63, 3.8) is 0 Å². The highest BCUT2D eigenvalue weighted by molar-refractivity contribution is 7.15. The second-order valence-electron chi connectivity index (χ2n) is 16.5. The molecule has 6 N–H and O–H groups in total. The summed E-state index contributed by atoms with van der Waals surface area (Å²) in [7, 11) is 1.42. The number of hydrogen-bond donors (Lipinski definition) is 6. The van der Waals surface area contributed by atoms with Crippen molar-refractivity contribution in [2.24, 2.45) is 5.92 Å². The molecule has 2 aromatic heterocycles. The highest BCUT2D eigenvalue weighted by atomic mass is 32.1. The van der Waals surface area contributed by atoms with E-state index in [0.717, 1.165) is 47.8 Å². The number of piperidine rings is 1. The number of aromatic hydroxyl groups is 1. The molecule has 1 aliphatic heterocycles. The minimum atomic E-state index is -2.07. The van der Waals surface area contributed by atoms with Crippen molar-refractivity contribution >= 4 is 34.1 Å². The lowest BCUT2D eigenvalue weighted by Crippen LogP contribution is -2.40. The lowest BCUT2D eigenvalue weighted by molar-refractivity contribution is -0.164. The lowest BCUT2D eigenvalue weighted by atomic mass is 9.85. The molecular formula is C52H51FN4O8S. The van der Waals surface area contributed by atoms with Crippen molar-refractivity contribution in [2.75, 3.05) is 33.4 Å². The molecule has 5 aromatic carbocycles. The number of benzene rings is 5. The molecule has 12 nitrogen and oxygen atoms in total. The van der Waals surface area contributed by atoms with Gasteiger partial charge in [0.15, 0.2) is 0 Å². The van der Waals surface area contributed by atoms with Crippen molar-refractivity contribution < 1.29 is 38.8 Å². The molecule has 340 valence electrons. The number of amides is 1. The van der Waals surface area contributed by atoms with Gasteiger partial charge in [-0.05, 0) is 96.6 Å². The van der Waals surface area contributed by atoms with Crippen molar-refractivity contribution in [2.45, 2.75) is 44.2 Å². The Hall–Kier alpha value is -6.68. The monoisotopic (exact) mass is 910 g/mol. The number of nitrogens with one attached hydrogen (secondary N) is 3. The van der Waals surface area contributed by atoms with E-state index in [1.807, 2.05) is 42.5 Å². The summed E-state index contributed by atoms with van der Waals surface area (Å²) in [5.41, 5.74) is 1.24. The Morgan fingerprint density at radius 1 is 0.894 bits per heavy atom. The van der Waals surface area contributed by atoms with Gasteiger partial charge in [-0.25, -0.2) is 9.18 Å². The number of phenolic OH excluding ortho intramolecular Hbond substituents is 1. The molecule has 0 radical (unpaired) electrons. The molecule has 7 aromatic rings. The van der Waals surface area contributed by atoms with E-state index in [2.05, 4.69) is 32.7 Å². The number of likely N-dealkylation sites (tertiary alicyclic amines) is 1. The third-order valence-corrected chi connectivity index (χ3v) is 13.2. The van der Waals surface area contributed by atoms with Crippen molar-refractivity contribution in [1.82, 2.24) is 20.5 Å². The number of ether oxygens (including phenoxy) is 2. The number of methoxy groups -OCH3 is 1. The summed E-state index contributed by atoms with van der Waals surface area (Å²) < 4.78 is 26.9. The van der Waals surface area contributed by atoms with Crippen LogP contribution in [0.1, 0.15) is 62.0 Å². The number of aromatic amines is 1. The van der Waals surface area contributed by atoms with E-state index in [9.17, 15) is 29.7 Å². The van der Waals surface area contributed by atoms with Crippen LogP contribution in [-0.2, 0) is 34.8 Å². The molecule has 14 heteroatoms. The van der Waals surface area contributed by atoms with Crippen LogP contribution in [0.2, 0.25) is 0 Å². The average Bonchev–Trinajstić information content (AvgIpc) is 3.83. The summed E-state index contributed by atoms with van der Waals surface area (Å²) in [4.78, 5) is 45.7. The summed E-state index contributed by atoms with van der Waals surface area (Å²) in [5.74, 6) is -1.80. The van der Waals surface area contributed by atoms with Crippen LogP contribution in [0.4, 0.5) is 4.39 Å². The molecule has 0 saturated carbocycles. The van der Waals surface area contributed by atoms with Crippen LogP contribution in [0.5, 0.6) is 11.5 Å². The van der Waals surface area contributed by atoms with Crippen molar-refractivity contribution in [3.8, 4) is 21.9 Å². The number of aliphatic hydroxyl groups is 2. The molecule has 66 heavy (non-hydrogen) atoms. The number of halogens is 1. The number of aromatic nitrogens is 1. The van der Waals surface area contributed by atoms with Gasteiger partial charge >= 0.3 is 5.97 Å². The second kappa shape index (κ2) is 20.7. The molecular weight excluding hydrogens is 860 g/mol. The molecule has 1 aliphatic rings. The number of pyridine rings is 1. The van der Waals surface area contributed by atoms with E-state index in [1.54, 1.807) is 48.5 Å². The first-order valence-corrected chi connectivity index (χ1v) is 22.6. The largest absolute Gasteiger partial charge is 0.506 e. The Kier molecular flexibility index (Phi) is 14.4. The first-order valence-electron chi connectivity index (χ1n) is 21.8. The van der Waals surface area contributed by atoms with Crippen LogP contribution in [-0.4, -0.2) is 70.4 Å². The predicted molar refractivity (Wildman–Crippen MR) is 252 cm³/mol. The zero-order valence-corrected chi connectivity index (χ0v) is 37.2. The zero-order chi connectivity index (χ0) is 46.2. The summed E-state index contributed by atoms with van der Waals surface area (Å²) in [6, 6.07) is 38.4. The fraction of sp³-hybridized carbons (Fsp3) is 0.250. The zero-order valence-electron chi connectivity index (χ0n) is 36.3. The van der Waals surface area contributed by atoms with Gasteiger partial charge in [0, 0.05) is 52.0 Å². The van der Waals surface area contributed by atoms with Gasteiger partial charge in [-0.3, -0.25) is 14.5 Å². The fourth-order valence-corrected chi connectivity index (χ4v) is 9.36. The van der Waals surface area contributed by atoms with Crippen LogP contribution in [0.25, 0.3) is 21.3 Å². The standard InChI is InChI=1S/C52H51FN4O8S/c1-64-46-27-42(43(53)26-36(46)28-54-30-45(59)40-16-18-44(58)49-41(40)17-20-48(60)56-49)50(61)55-29-39-15-19-47(66-39)35-11-8-14-38(25-35)52(63,37-12-6-3-7-13-37)51(62)65-32-34-21-23-57(24-22-34)31-33-9-4-2-5-10-33/h2-20,25-27,34,45,54,58-59,63H,21-24,28-32H2,1H3,(H,55,61)(H,56,60). The number of rotatable bonds is 17. The minimum Gasteiger partial charge on any atom is -0.506 e. The van der Waals surface area contributed by atoms with Crippen molar-refractivity contribution in [1.29, 1.82) is 0 Å². The van der Waals surface area contributed by atoms with Gasteiger partial charge in [0.2, 0.25) is 11.2 Å². The van der Waals surface area contributed by atoms with E-state index in [4.69, 9.17) is 9.47 Å². The minimum absolute atomic E-state index is 0.0511. The predicted octanol–water partition coefficient (Wildman–Crippen LogP) is 7.55. The van der Waals surface area contributed by atoms with Gasteiger partial charge < -0.3 is 40.4 Å². The fourth-order valence-electron chi connectivity index (χ4n) is 8.42. The third-order valence-electron chi connectivity index (χ3n) is 12.1. The van der Waals surface area contributed by atoms with Crippen LogP contribution >= 0.6 is 11.3 Å². The highest BCUT2D eigenvalue weighted by Crippen LogP contribution is 2.36. The van der Waals surface area contributed by atoms with Gasteiger partial charge in [0.25, 0.3) is 5.91 Å². The van der Waals surface area contributed by atoms with E-state index in [1.165, 1.54) is 54.3 Å². The molecule has 2 atom stereocenters. The lowest BCUT2D eigenvalue weighted by Gasteiger charge is -2.33. The van der Waals surface area contributed by atoms with E-state index in [-0.39, 0.29) is 60.3 Å². The van der Waals surface area contributed by atoms with Crippen LogP contribution in [0.3, 0.4) is 0 Å². The number of esters is 1. The van der Waals surface area contributed by atoms with E-state index in [0.29, 0.717) is 27.6 Å². The number of nitrogens with zero attached hydrogens (tertiary/aromatic N) is 1. The van der Waals surface area contributed by atoms with Crippen LogP contribution in [0.15, 0.2) is 138 Å². The average molecular weight is 911 g/mol. The highest BCUT2D eigenvalue weighted by Gasteiger charge is 2.42. The number of H-pyrrole nitrogens is 1. The Balaban J connectivity index is 0.885. The summed E-state index contributed by atoms with van der Waals surface area (Å²) in [5, 5.41) is 39.8. The normalized spacial score (nSPS) is 14.7. The maximum Gasteiger partial charge on any atom is 0.347 e. The number of hydrogen-bond acceptors (Lipinski definition) is 11. The molecule has 3 heterocycles. The Bertz CT molecular complexity index is 2870. The molecule has 1 amide bonds. The Morgan fingerprint density at radius 3 is 2.39 bits per heavy atom. The van der Waals surface area contributed by atoms with Gasteiger partial charge in [-0.15, -0.1) is 11.3 Å². The maximum atomic E-state index is 15.5.